The predicted octanol–water partition coefficient (Wildman–Crippen LogP) is 3.06. The fourth-order valence-corrected chi connectivity index (χ4v) is 2.88. The highest BCUT2D eigenvalue weighted by atomic mass is 19.1. The third kappa shape index (κ3) is 5.22. The summed E-state index contributed by atoms with van der Waals surface area (Å²) in [4.78, 5) is 24.2. The van der Waals surface area contributed by atoms with Crippen molar-refractivity contribution in [3.63, 3.8) is 0 Å². The summed E-state index contributed by atoms with van der Waals surface area (Å²) in [5.41, 5.74) is 1.15. The zero-order chi connectivity index (χ0) is 19.9. The smallest absolute Gasteiger partial charge is 0.246 e. The first kappa shape index (κ1) is 19.7. The second kappa shape index (κ2) is 9.21. The number of amides is 2. The molecule has 28 heavy (non-hydrogen) atoms. The van der Waals surface area contributed by atoms with Crippen LogP contribution in [-0.2, 0) is 16.0 Å². The molecule has 7 heteroatoms. The van der Waals surface area contributed by atoms with Crippen molar-refractivity contribution >= 4 is 17.5 Å². The molecule has 6 nitrogen and oxygen atoms in total. The molecule has 1 aliphatic heterocycles. The Labute approximate surface area is 163 Å². The van der Waals surface area contributed by atoms with Crippen molar-refractivity contribution in [2.45, 2.75) is 32.2 Å². The van der Waals surface area contributed by atoms with Crippen molar-refractivity contribution in [2.75, 3.05) is 18.5 Å². The molecule has 1 atom stereocenters. The third-order valence-electron chi connectivity index (χ3n) is 4.38. The van der Waals surface area contributed by atoms with Gasteiger partial charge in [-0.05, 0) is 49.6 Å². The monoisotopic (exact) mass is 386 g/mol. The van der Waals surface area contributed by atoms with E-state index in [1.807, 2.05) is 18.2 Å². The number of hydrogen-bond donors (Lipinski definition) is 2. The van der Waals surface area contributed by atoms with Crippen LogP contribution >= 0.6 is 0 Å². The Balaban J connectivity index is 1.42. The second-order valence-electron chi connectivity index (χ2n) is 6.59. The molecule has 2 aromatic carbocycles. The van der Waals surface area contributed by atoms with E-state index in [9.17, 15) is 14.0 Å². The number of aryl methyl sites for hydroxylation is 1. The van der Waals surface area contributed by atoms with Gasteiger partial charge >= 0.3 is 0 Å². The summed E-state index contributed by atoms with van der Waals surface area (Å²) in [5, 5.41) is 5.11. The first-order valence-electron chi connectivity index (χ1n) is 9.26. The van der Waals surface area contributed by atoms with E-state index in [1.165, 1.54) is 18.2 Å². The molecule has 0 bridgehead atoms. The fourth-order valence-electron chi connectivity index (χ4n) is 2.88. The summed E-state index contributed by atoms with van der Waals surface area (Å²) in [5.74, 6) is 0.252. The quantitative estimate of drug-likeness (QED) is 0.767. The first-order valence-corrected chi connectivity index (χ1v) is 9.26. The lowest BCUT2D eigenvalue weighted by Gasteiger charge is -2.19. The Morgan fingerprint density at radius 2 is 1.86 bits per heavy atom. The lowest BCUT2D eigenvalue weighted by molar-refractivity contribution is -0.126. The van der Waals surface area contributed by atoms with Gasteiger partial charge in [-0.2, -0.15) is 0 Å². The van der Waals surface area contributed by atoms with E-state index in [0.717, 1.165) is 17.1 Å². The molecule has 3 rings (SSSR count). The summed E-state index contributed by atoms with van der Waals surface area (Å²) in [6.07, 6.45) is 1.62. The zero-order valence-electron chi connectivity index (χ0n) is 15.7. The van der Waals surface area contributed by atoms with Crippen molar-refractivity contribution in [3.05, 3.63) is 53.8 Å². The molecule has 0 fully saturated rings. The van der Waals surface area contributed by atoms with Gasteiger partial charge in [0.1, 0.15) is 25.1 Å². The normalized spacial score (nSPS) is 13.5. The van der Waals surface area contributed by atoms with Crippen LogP contribution in [0.15, 0.2) is 42.5 Å². The maximum absolute atomic E-state index is 13.6. The molecule has 0 saturated heterocycles. The minimum absolute atomic E-state index is 0.0900. The van der Waals surface area contributed by atoms with Gasteiger partial charge in [-0.25, -0.2) is 4.39 Å². The van der Waals surface area contributed by atoms with Gasteiger partial charge in [0.05, 0.1) is 5.69 Å². The van der Waals surface area contributed by atoms with Gasteiger partial charge < -0.3 is 20.1 Å². The topological polar surface area (TPSA) is 76.7 Å². The lowest BCUT2D eigenvalue weighted by Crippen LogP contribution is -2.41. The molecule has 148 valence electrons. The van der Waals surface area contributed by atoms with E-state index >= 15 is 0 Å². The van der Waals surface area contributed by atoms with Crippen molar-refractivity contribution in [3.8, 4) is 11.5 Å². The lowest BCUT2D eigenvalue weighted by atomic mass is 10.1. The highest BCUT2D eigenvalue weighted by Gasteiger charge is 2.17. The molecule has 0 aromatic heterocycles. The molecule has 0 aliphatic carbocycles. The Bertz CT molecular complexity index is 856. The molecule has 2 N–H and O–H groups in total. The van der Waals surface area contributed by atoms with Crippen molar-refractivity contribution in [2.24, 2.45) is 0 Å². The van der Waals surface area contributed by atoms with Crippen LogP contribution in [0.1, 0.15) is 25.3 Å². The molecule has 2 amide bonds. The summed E-state index contributed by atoms with van der Waals surface area (Å²) < 4.78 is 24.6. The number of rotatable bonds is 7. The average molecular weight is 386 g/mol. The number of nitrogens with one attached hydrogen (secondary N) is 2. The molecule has 0 radical (unpaired) electrons. The molecule has 1 heterocycles. The molecule has 0 saturated carbocycles. The minimum atomic E-state index is -0.763. The Morgan fingerprint density at radius 3 is 2.64 bits per heavy atom. The Kier molecular flexibility index (Phi) is 6.47. The van der Waals surface area contributed by atoms with Crippen molar-refractivity contribution < 1.29 is 23.5 Å². The number of benzene rings is 2. The SMILES string of the molecule is CC(NC(=O)CCCc1ccc2c(c1)OCCO2)C(=O)Nc1ccccc1F. The molecule has 1 unspecified atom stereocenters. The van der Waals surface area contributed by atoms with Gasteiger partial charge in [-0.15, -0.1) is 0 Å². The van der Waals surface area contributed by atoms with E-state index in [4.69, 9.17) is 9.47 Å². The summed E-state index contributed by atoms with van der Waals surface area (Å²) in [6, 6.07) is 10.9. The van der Waals surface area contributed by atoms with Crippen LogP contribution in [0.4, 0.5) is 10.1 Å². The summed E-state index contributed by atoms with van der Waals surface area (Å²) >= 11 is 0. The number of para-hydroxylation sites is 1. The molecular formula is C21H23FN2O4. The highest BCUT2D eigenvalue weighted by molar-refractivity contribution is 5.96. The number of anilines is 1. The van der Waals surface area contributed by atoms with Crippen molar-refractivity contribution in [1.29, 1.82) is 0 Å². The largest absolute Gasteiger partial charge is 0.486 e. The Morgan fingerprint density at radius 1 is 1.11 bits per heavy atom. The van der Waals surface area contributed by atoms with Crippen LogP contribution in [0.5, 0.6) is 11.5 Å². The number of carbonyl (C=O) groups is 2. The zero-order valence-corrected chi connectivity index (χ0v) is 15.7. The second-order valence-corrected chi connectivity index (χ2v) is 6.59. The number of ether oxygens (including phenoxy) is 2. The van der Waals surface area contributed by atoms with Crippen LogP contribution in [-0.4, -0.2) is 31.1 Å². The standard InChI is InChI=1S/C21H23FN2O4/c1-14(21(26)24-17-7-3-2-6-16(17)22)23-20(25)8-4-5-15-9-10-18-19(13-15)28-12-11-27-18/h2-3,6-7,9-10,13-14H,4-5,8,11-12H2,1H3,(H,23,25)(H,24,26). The van der Waals surface area contributed by atoms with Crippen LogP contribution in [0.25, 0.3) is 0 Å². The fraction of sp³-hybridized carbons (Fsp3) is 0.333. The van der Waals surface area contributed by atoms with Crippen LogP contribution in [0.3, 0.4) is 0 Å². The number of carbonyl (C=O) groups excluding carboxylic acids is 2. The van der Waals surface area contributed by atoms with Crippen molar-refractivity contribution in [1.82, 2.24) is 5.32 Å². The number of hydrogen-bond acceptors (Lipinski definition) is 4. The summed E-state index contributed by atoms with van der Waals surface area (Å²) in [7, 11) is 0. The Hall–Kier alpha value is -3.09. The highest BCUT2D eigenvalue weighted by Crippen LogP contribution is 2.31. The maximum atomic E-state index is 13.6. The van der Waals surface area contributed by atoms with E-state index in [-0.39, 0.29) is 18.0 Å². The predicted molar refractivity (Wildman–Crippen MR) is 103 cm³/mol. The van der Waals surface area contributed by atoms with Gasteiger partial charge in [0.25, 0.3) is 0 Å². The van der Waals surface area contributed by atoms with Gasteiger partial charge in [-0.1, -0.05) is 18.2 Å². The van der Waals surface area contributed by atoms with Crippen LogP contribution < -0.4 is 20.1 Å². The number of fused-ring (bicyclic) bond motifs is 1. The van der Waals surface area contributed by atoms with Gasteiger partial charge in [0.15, 0.2) is 11.5 Å². The van der Waals surface area contributed by atoms with Gasteiger partial charge in [0.2, 0.25) is 11.8 Å². The number of halogens is 1. The van der Waals surface area contributed by atoms with E-state index < -0.39 is 17.8 Å². The molecule has 1 aliphatic rings. The van der Waals surface area contributed by atoms with Gasteiger partial charge in [0, 0.05) is 6.42 Å². The minimum Gasteiger partial charge on any atom is -0.486 e. The third-order valence-corrected chi connectivity index (χ3v) is 4.38. The van der Waals surface area contributed by atoms with Crippen LogP contribution in [0, 0.1) is 5.82 Å². The van der Waals surface area contributed by atoms with E-state index in [2.05, 4.69) is 10.6 Å². The molecular weight excluding hydrogens is 363 g/mol. The first-order chi connectivity index (χ1) is 13.5. The summed E-state index contributed by atoms with van der Waals surface area (Å²) in [6.45, 7) is 2.65. The maximum Gasteiger partial charge on any atom is 0.246 e. The average Bonchev–Trinajstić information content (AvgIpc) is 2.69. The molecule has 0 spiro atoms. The van der Waals surface area contributed by atoms with E-state index in [1.54, 1.807) is 13.0 Å². The van der Waals surface area contributed by atoms with Gasteiger partial charge in [-0.3, -0.25) is 9.59 Å². The van der Waals surface area contributed by atoms with Crippen LogP contribution in [0.2, 0.25) is 0 Å². The van der Waals surface area contributed by atoms with E-state index in [0.29, 0.717) is 26.1 Å². The molecule has 2 aromatic rings.